The standard InChI is InChI=1S/C14H21N3O4S2/c1-15-22(18,19)13-4-6-14(7-5-13)23(20,21)17-11-2-3-12(17)10-16-9-8-11/h4-7,11-12,15-16H,2-3,8-10H2,1H3. The van der Waals surface area contributed by atoms with E-state index in [2.05, 4.69) is 10.0 Å². The third-order valence-corrected chi connectivity index (χ3v) is 8.01. The Morgan fingerprint density at radius 2 is 1.61 bits per heavy atom. The van der Waals surface area contributed by atoms with E-state index in [0.717, 1.165) is 25.8 Å². The summed E-state index contributed by atoms with van der Waals surface area (Å²) in [5.74, 6) is 0. The van der Waals surface area contributed by atoms with Gasteiger partial charge in [-0.1, -0.05) is 0 Å². The fourth-order valence-corrected chi connectivity index (χ4v) is 5.99. The lowest BCUT2D eigenvalue weighted by Gasteiger charge is -2.26. The highest BCUT2D eigenvalue weighted by atomic mass is 32.2. The van der Waals surface area contributed by atoms with Crippen LogP contribution in [0.1, 0.15) is 19.3 Å². The minimum atomic E-state index is -3.61. The van der Waals surface area contributed by atoms with E-state index in [1.807, 2.05) is 0 Å². The van der Waals surface area contributed by atoms with Crippen molar-refractivity contribution < 1.29 is 16.8 Å². The molecule has 9 heteroatoms. The number of rotatable bonds is 4. The molecule has 2 saturated heterocycles. The molecule has 128 valence electrons. The molecule has 2 unspecified atom stereocenters. The molecule has 0 saturated carbocycles. The van der Waals surface area contributed by atoms with Gasteiger partial charge in [0.15, 0.2) is 0 Å². The molecule has 1 aromatic rings. The molecule has 3 rings (SSSR count). The second-order valence-corrected chi connectivity index (χ2v) is 9.62. The Bertz CT molecular complexity index is 761. The fraction of sp³-hybridized carbons (Fsp3) is 0.571. The van der Waals surface area contributed by atoms with Crippen LogP contribution < -0.4 is 10.0 Å². The molecular weight excluding hydrogens is 338 g/mol. The molecular formula is C14H21N3O4S2. The normalized spacial score (nSPS) is 26.1. The highest BCUT2D eigenvalue weighted by Crippen LogP contribution is 2.33. The molecule has 0 aliphatic carbocycles. The zero-order valence-electron chi connectivity index (χ0n) is 12.9. The topological polar surface area (TPSA) is 95.6 Å². The van der Waals surface area contributed by atoms with Crippen LogP contribution in [0.3, 0.4) is 0 Å². The van der Waals surface area contributed by atoms with Crippen LogP contribution in [0.2, 0.25) is 0 Å². The van der Waals surface area contributed by atoms with Crippen LogP contribution in [-0.2, 0) is 20.0 Å². The summed E-state index contributed by atoms with van der Waals surface area (Å²) in [5.41, 5.74) is 0. The summed E-state index contributed by atoms with van der Waals surface area (Å²) in [5, 5.41) is 3.28. The number of hydrogen-bond donors (Lipinski definition) is 2. The monoisotopic (exact) mass is 359 g/mol. The Morgan fingerprint density at radius 3 is 2.26 bits per heavy atom. The minimum absolute atomic E-state index is 0.0202. The van der Waals surface area contributed by atoms with Crippen LogP contribution >= 0.6 is 0 Å². The fourth-order valence-electron chi connectivity index (χ4n) is 3.36. The quantitative estimate of drug-likeness (QED) is 0.796. The Hall–Kier alpha value is -1.00. The van der Waals surface area contributed by atoms with Gasteiger partial charge in [-0.25, -0.2) is 21.6 Å². The van der Waals surface area contributed by atoms with Gasteiger partial charge in [-0.05, 0) is 57.1 Å². The first-order valence-electron chi connectivity index (χ1n) is 7.64. The van der Waals surface area contributed by atoms with Crippen LogP contribution in [0.25, 0.3) is 0 Å². The Kier molecular flexibility index (Phi) is 4.49. The number of nitrogens with zero attached hydrogens (tertiary/aromatic N) is 1. The van der Waals surface area contributed by atoms with Crippen LogP contribution in [0.15, 0.2) is 34.1 Å². The van der Waals surface area contributed by atoms with Gasteiger partial charge in [0.1, 0.15) is 0 Å². The van der Waals surface area contributed by atoms with Crippen molar-refractivity contribution in [3.8, 4) is 0 Å². The maximum Gasteiger partial charge on any atom is 0.243 e. The molecule has 0 aromatic heterocycles. The smallest absolute Gasteiger partial charge is 0.243 e. The summed E-state index contributed by atoms with van der Waals surface area (Å²) in [4.78, 5) is 0.200. The summed E-state index contributed by atoms with van der Waals surface area (Å²) in [6, 6.07) is 5.41. The predicted molar refractivity (Wildman–Crippen MR) is 86.0 cm³/mol. The van der Waals surface area contributed by atoms with Crippen molar-refractivity contribution in [1.29, 1.82) is 0 Å². The molecule has 2 aliphatic rings. The van der Waals surface area contributed by atoms with Crippen molar-refractivity contribution in [3.63, 3.8) is 0 Å². The maximum atomic E-state index is 13.0. The first kappa shape index (κ1) is 16.8. The average molecular weight is 359 g/mol. The third kappa shape index (κ3) is 3.03. The SMILES string of the molecule is CNS(=O)(=O)c1ccc(S(=O)(=O)N2C3CCNCC2CC3)cc1. The van der Waals surface area contributed by atoms with Crippen LogP contribution in [0, 0.1) is 0 Å². The van der Waals surface area contributed by atoms with Crippen molar-refractivity contribution in [1.82, 2.24) is 14.3 Å². The van der Waals surface area contributed by atoms with Crippen LogP contribution in [-0.4, -0.2) is 53.4 Å². The van der Waals surface area contributed by atoms with E-state index < -0.39 is 20.0 Å². The first-order valence-corrected chi connectivity index (χ1v) is 10.6. The molecule has 23 heavy (non-hydrogen) atoms. The van der Waals surface area contributed by atoms with Gasteiger partial charge in [-0.3, -0.25) is 0 Å². The van der Waals surface area contributed by atoms with E-state index in [0.29, 0.717) is 6.54 Å². The van der Waals surface area contributed by atoms with Crippen LogP contribution in [0.5, 0.6) is 0 Å². The zero-order valence-corrected chi connectivity index (χ0v) is 14.5. The number of nitrogens with one attached hydrogen (secondary N) is 2. The molecule has 2 bridgehead atoms. The zero-order chi connectivity index (χ0) is 16.7. The molecule has 2 N–H and O–H groups in total. The molecule has 0 radical (unpaired) electrons. The summed E-state index contributed by atoms with van der Waals surface area (Å²) < 4.78 is 53.3. The molecule has 0 amide bonds. The van der Waals surface area contributed by atoms with E-state index in [1.165, 1.54) is 31.3 Å². The van der Waals surface area contributed by atoms with Gasteiger partial charge in [0.25, 0.3) is 0 Å². The van der Waals surface area contributed by atoms with Crippen molar-refractivity contribution in [2.75, 3.05) is 20.1 Å². The molecule has 2 aliphatic heterocycles. The maximum absolute atomic E-state index is 13.0. The summed E-state index contributed by atoms with van der Waals surface area (Å²) in [7, 11) is -5.86. The molecule has 1 aromatic carbocycles. The molecule has 0 spiro atoms. The van der Waals surface area contributed by atoms with E-state index in [1.54, 1.807) is 4.31 Å². The van der Waals surface area contributed by atoms with Gasteiger partial charge in [0, 0.05) is 18.6 Å². The number of hydrogen-bond acceptors (Lipinski definition) is 5. The minimum Gasteiger partial charge on any atom is -0.315 e. The second-order valence-electron chi connectivity index (χ2n) is 5.89. The van der Waals surface area contributed by atoms with Crippen molar-refractivity contribution in [2.45, 2.75) is 41.1 Å². The second kappa shape index (κ2) is 6.14. The van der Waals surface area contributed by atoms with E-state index in [4.69, 9.17) is 0 Å². The lowest BCUT2D eigenvalue weighted by Crippen LogP contribution is -2.42. The van der Waals surface area contributed by atoms with Gasteiger partial charge < -0.3 is 5.32 Å². The average Bonchev–Trinajstić information content (AvgIpc) is 2.81. The third-order valence-electron chi connectivity index (χ3n) is 4.57. The molecule has 7 nitrogen and oxygen atoms in total. The molecule has 2 heterocycles. The van der Waals surface area contributed by atoms with Crippen molar-refractivity contribution in [2.24, 2.45) is 0 Å². The highest BCUT2D eigenvalue weighted by Gasteiger charge is 2.42. The Labute approximate surface area is 137 Å². The lowest BCUT2D eigenvalue weighted by molar-refractivity contribution is 0.334. The number of sulfonamides is 2. The first-order chi connectivity index (χ1) is 10.9. The molecule has 2 fully saturated rings. The number of benzene rings is 1. The van der Waals surface area contributed by atoms with E-state index in [-0.39, 0.29) is 21.9 Å². The van der Waals surface area contributed by atoms with Gasteiger partial charge in [-0.2, -0.15) is 4.31 Å². The lowest BCUT2D eigenvalue weighted by atomic mass is 10.1. The Balaban J connectivity index is 1.94. The Morgan fingerprint density at radius 1 is 1.00 bits per heavy atom. The van der Waals surface area contributed by atoms with E-state index in [9.17, 15) is 16.8 Å². The largest absolute Gasteiger partial charge is 0.315 e. The van der Waals surface area contributed by atoms with Crippen LogP contribution in [0.4, 0.5) is 0 Å². The van der Waals surface area contributed by atoms with Gasteiger partial charge in [0.2, 0.25) is 20.0 Å². The predicted octanol–water partition coefficient (Wildman–Crippen LogP) is 0.110. The summed E-state index contributed by atoms with van der Waals surface area (Å²) in [6.07, 6.45) is 2.56. The summed E-state index contributed by atoms with van der Waals surface area (Å²) >= 11 is 0. The van der Waals surface area contributed by atoms with Gasteiger partial charge in [0.05, 0.1) is 9.79 Å². The van der Waals surface area contributed by atoms with Gasteiger partial charge in [-0.15, -0.1) is 0 Å². The van der Waals surface area contributed by atoms with Gasteiger partial charge >= 0.3 is 0 Å². The molecule has 2 atom stereocenters. The summed E-state index contributed by atoms with van der Waals surface area (Å²) in [6.45, 7) is 1.49. The highest BCUT2D eigenvalue weighted by molar-refractivity contribution is 7.89. The van der Waals surface area contributed by atoms with Crippen molar-refractivity contribution >= 4 is 20.0 Å². The van der Waals surface area contributed by atoms with E-state index >= 15 is 0 Å². The number of fused-ring (bicyclic) bond motifs is 2. The van der Waals surface area contributed by atoms with Crippen molar-refractivity contribution in [3.05, 3.63) is 24.3 Å².